The normalized spacial score (nSPS) is 16.2. The van der Waals surface area contributed by atoms with Crippen molar-refractivity contribution in [3.8, 4) is 5.88 Å². The van der Waals surface area contributed by atoms with E-state index in [1.165, 1.54) is 6.21 Å². The van der Waals surface area contributed by atoms with Gasteiger partial charge in [-0.25, -0.2) is 0 Å². The molecule has 3 N–H and O–H groups in total. The lowest BCUT2D eigenvalue weighted by molar-refractivity contribution is 0.248. The lowest BCUT2D eigenvalue weighted by atomic mass is 10.3. The molecule has 23 heavy (non-hydrogen) atoms. The fraction of sp³-hybridized carbons (Fsp3) is 0.667. The standard InChI is InChI=1S/C15H25N5O2S/c1-2-3-7-20-14(22)12(13(21)18-15(20)23)11-17-6-10-19-8-4-16-5-9-19/h11,16,22H,2-10H2,1H3,(H,18,21,23). The first-order valence-electron chi connectivity index (χ1n) is 8.12. The predicted molar refractivity (Wildman–Crippen MR) is 94.2 cm³/mol. The number of aliphatic imine (C=N–C) groups is 1. The summed E-state index contributed by atoms with van der Waals surface area (Å²) >= 11 is 5.11. The third-order valence-corrected chi connectivity index (χ3v) is 4.24. The minimum atomic E-state index is -0.397. The topological polar surface area (TPSA) is 85.7 Å². The molecule has 0 unspecified atom stereocenters. The maximum absolute atomic E-state index is 12.0. The van der Waals surface area contributed by atoms with E-state index in [0.717, 1.165) is 45.6 Å². The third kappa shape index (κ3) is 4.98. The second-order valence-electron chi connectivity index (χ2n) is 5.63. The Hall–Kier alpha value is -1.51. The van der Waals surface area contributed by atoms with Crippen LogP contribution in [0.2, 0.25) is 0 Å². The molecule has 128 valence electrons. The molecule has 1 aliphatic heterocycles. The van der Waals surface area contributed by atoms with Crippen molar-refractivity contribution in [2.24, 2.45) is 4.99 Å². The van der Waals surface area contributed by atoms with Crippen molar-refractivity contribution in [1.82, 2.24) is 19.8 Å². The first kappa shape index (κ1) is 17.8. The molecule has 1 saturated heterocycles. The molecule has 0 saturated carbocycles. The average Bonchev–Trinajstić information content (AvgIpc) is 2.54. The van der Waals surface area contributed by atoms with E-state index in [1.807, 2.05) is 0 Å². The Kier molecular flexibility index (Phi) is 6.94. The molecular formula is C15H25N5O2S. The van der Waals surface area contributed by atoms with Crippen molar-refractivity contribution < 1.29 is 5.11 Å². The van der Waals surface area contributed by atoms with Crippen LogP contribution >= 0.6 is 12.2 Å². The van der Waals surface area contributed by atoms with Crippen LogP contribution in [0.5, 0.6) is 5.88 Å². The van der Waals surface area contributed by atoms with Gasteiger partial charge in [-0.15, -0.1) is 0 Å². The first-order valence-corrected chi connectivity index (χ1v) is 8.53. The number of aromatic nitrogens is 2. The second kappa shape index (κ2) is 8.95. The fourth-order valence-electron chi connectivity index (χ4n) is 2.50. The van der Waals surface area contributed by atoms with Gasteiger partial charge in [-0.1, -0.05) is 13.3 Å². The highest BCUT2D eigenvalue weighted by molar-refractivity contribution is 7.71. The maximum Gasteiger partial charge on any atom is 0.264 e. The number of hydrogen-bond acceptors (Lipinski definition) is 6. The summed E-state index contributed by atoms with van der Waals surface area (Å²) in [7, 11) is 0. The van der Waals surface area contributed by atoms with Crippen molar-refractivity contribution in [2.75, 3.05) is 39.3 Å². The minimum absolute atomic E-state index is 0.0990. The van der Waals surface area contributed by atoms with Gasteiger partial charge in [0.1, 0.15) is 5.56 Å². The molecule has 1 fully saturated rings. The number of nitrogens with one attached hydrogen (secondary N) is 2. The van der Waals surface area contributed by atoms with Crippen LogP contribution in [0.15, 0.2) is 9.79 Å². The summed E-state index contributed by atoms with van der Waals surface area (Å²) in [6.07, 6.45) is 3.32. The average molecular weight is 339 g/mol. The molecule has 1 aromatic heterocycles. The number of unbranched alkanes of at least 4 members (excludes halogenated alkanes) is 1. The molecule has 1 aliphatic rings. The Labute approximate surface area is 141 Å². The molecule has 0 aromatic carbocycles. The van der Waals surface area contributed by atoms with E-state index >= 15 is 0 Å². The molecule has 0 atom stereocenters. The Morgan fingerprint density at radius 2 is 2.09 bits per heavy atom. The predicted octanol–water partition coefficient (Wildman–Crippen LogP) is 0.736. The van der Waals surface area contributed by atoms with Crippen LogP contribution in [0.4, 0.5) is 0 Å². The lowest BCUT2D eigenvalue weighted by Crippen LogP contribution is -2.44. The summed E-state index contributed by atoms with van der Waals surface area (Å²) in [4.78, 5) is 21.2. The molecule has 2 heterocycles. The van der Waals surface area contributed by atoms with Crippen LogP contribution in [0.1, 0.15) is 25.3 Å². The monoisotopic (exact) mass is 339 g/mol. The zero-order valence-electron chi connectivity index (χ0n) is 13.5. The summed E-state index contributed by atoms with van der Waals surface area (Å²) in [5.74, 6) is -0.0990. The third-order valence-electron chi connectivity index (χ3n) is 3.92. The smallest absolute Gasteiger partial charge is 0.264 e. The molecule has 2 rings (SSSR count). The molecule has 0 radical (unpaired) electrons. The molecule has 0 bridgehead atoms. The van der Waals surface area contributed by atoms with E-state index in [2.05, 4.69) is 27.1 Å². The van der Waals surface area contributed by atoms with Crippen LogP contribution in [0.3, 0.4) is 0 Å². The van der Waals surface area contributed by atoms with Gasteiger partial charge in [-0.2, -0.15) is 0 Å². The summed E-state index contributed by atoms with van der Waals surface area (Å²) in [5, 5.41) is 13.6. The Morgan fingerprint density at radius 3 is 2.78 bits per heavy atom. The van der Waals surface area contributed by atoms with E-state index in [9.17, 15) is 9.90 Å². The van der Waals surface area contributed by atoms with Gasteiger partial charge in [-0.3, -0.25) is 24.2 Å². The fourth-order valence-corrected chi connectivity index (χ4v) is 2.78. The van der Waals surface area contributed by atoms with Gasteiger partial charge in [0, 0.05) is 45.5 Å². The SMILES string of the molecule is CCCCn1c(O)c(C=NCCN2CCNCC2)c(=O)[nH]c1=S. The number of aromatic amines is 1. The summed E-state index contributed by atoms with van der Waals surface area (Å²) in [6, 6.07) is 0. The van der Waals surface area contributed by atoms with E-state index < -0.39 is 5.56 Å². The van der Waals surface area contributed by atoms with Crippen LogP contribution in [-0.4, -0.2) is 65.0 Å². The van der Waals surface area contributed by atoms with Crippen molar-refractivity contribution in [3.05, 3.63) is 20.7 Å². The largest absolute Gasteiger partial charge is 0.494 e. The van der Waals surface area contributed by atoms with E-state index in [1.54, 1.807) is 4.57 Å². The van der Waals surface area contributed by atoms with Gasteiger partial charge in [0.15, 0.2) is 4.77 Å². The van der Waals surface area contributed by atoms with Crippen LogP contribution in [0, 0.1) is 4.77 Å². The zero-order valence-corrected chi connectivity index (χ0v) is 14.4. The summed E-state index contributed by atoms with van der Waals surface area (Å²) in [5.41, 5.74) is -0.221. The maximum atomic E-state index is 12.0. The molecule has 1 aromatic rings. The number of rotatable bonds is 7. The zero-order chi connectivity index (χ0) is 16.7. The number of piperazine rings is 1. The highest BCUT2D eigenvalue weighted by atomic mass is 32.1. The summed E-state index contributed by atoms with van der Waals surface area (Å²) in [6.45, 7) is 8.13. The van der Waals surface area contributed by atoms with E-state index in [-0.39, 0.29) is 16.2 Å². The second-order valence-corrected chi connectivity index (χ2v) is 6.02. The number of aromatic hydroxyl groups is 1. The molecule has 0 aliphatic carbocycles. The molecule has 8 heteroatoms. The first-order chi connectivity index (χ1) is 11.1. The van der Waals surface area contributed by atoms with Crippen molar-refractivity contribution in [2.45, 2.75) is 26.3 Å². The Morgan fingerprint density at radius 1 is 1.35 bits per heavy atom. The van der Waals surface area contributed by atoms with Crippen LogP contribution < -0.4 is 10.9 Å². The number of nitrogens with zero attached hydrogens (tertiary/aromatic N) is 3. The van der Waals surface area contributed by atoms with Gasteiger partial charge >= 0.3 is 0 Å². The quantitative estimate of drug-likeness (QED) is 0.504. The van der Waals surface area contributed by atoms with Crippen molar-refractivity contribution >= 4 is 18.4 Å². The Bertz CT molecular complexity index is 646. The van der Waals surface area contributed by atoms with Gasteiger partial charge in [0.25, 0.3) is 5.56 Å². The van der Waals surface area contributed by atoms with E-state index in [4.69, 9.17) is 12.2 Å². The van der Waals surface area contributed by atoms with Gasteiger partial charge in [0.05, 0.1) is 6.54 Å². The van der Waals surface area contributed by atoms with Crippen LogP contribution in [0.25, 0.3) is 0 Å². The Balaban J connectivity index is 2.04. The molecule has 0 spiro atoms. The lowest BCUT2D eigenvalue weighted by Gasteiger charge is -2.26. The van der Waals surface area contributed by atoms with Crippen LogP contribution in [-0.2, 0) is 6.54 Å². The highest BCUT2D eigenvalue weighted by Gasteiger charge is 2.11. The minimum Gasteiger partial charge on any atom is -0.494 e. The van der Waals surface area contributed by atoms with E-state index in [0.29, 0.717) is 13.1 Å². The number of H-pyrrole nitrogens is 1. The number of hydrogen-bond donors (Lipinski definition) is 3. The van der Waals surface area contributed by atoms with Gasteiger partial charge < -0.3 is 10.4 Å². The highest BCUT2D eigenvalue weighted by Crippen LogP contribution is 2.12. The van der Waals surface area contributed by atoms with Crippen molar-refractivity contribution in [3.63, 3.8) is 0 Å². The van der Waals surface area contributed by atoms with Gasteiger partial charge in [-0.05, 0) is 18.6 Å². The molecule has 7 nitrogen and oxygen atoms in total. The molecule has 0 amide bonds. The van der Waals surface area contributed by atoms with Crippen molar-refractivity contribution in [1.29, 1.82) is 0 Å². The van der Waals surface area contributed by atoms with Gasteiger partial charge in [0.2, 0.25) is 5.88 Å². The molecular weight excluding hydrogens is 314 g/mol. The summed E-state index contributed by atoms with van der Waals surface area (Å²) < 4.78 is 1.80.